The van der Waals surface area contributed by atoms with Gasteiger partial charge in [0.05, 0.1) is 32.1 Å². The molecule has 2 aliphatic rings. The van der Waals surface area contributed by atoms with Gasteiger partial charge in [-0.3, -0.25) is 9.59 Å². The van der Waals surface area contributed by atoms with Gasteiger partial charge in [-0.15, -0.1) is 0 Å². The van der Waals surface area contributed by atoms with Crippen LogP contribution in [0.1, 0.15) is 30.9 Å². The Morgan fingerprint density at radius 1 is 1.00 bits per heavy atom. The van der Waals surface area contributed by atoms with E-state index < -0.39 is 17.7 Å². The number of morpholine rings is 1. The number of piperidine rings is 1. The lowest BCUT2D eigenvalue weighted by Gasteiger charge is -2.38. The number of hydrogen-bond acceptors (Lipinski definition) is 4. The minimum atomic E-state index is -0.933. The number of halogens is 2. The third-order valence-electron chi connectivity index (χ3n) is 6.14. The Morgan fingerprint density at radius 3 is 2.61 bits per heavy atom. The monoisotopic (exact) mass is 458 g/mol. The number of hydrogen-bond donors (Lipinski definition) is 0. The van der Waals surface area contributed by atoms with Crippen LogP contribution in [0.4, 0.5) is 8.78 Å². The Morgan fingerprint density at radius 2 is 1.82 bits per heavy atom. The second-order valence-corrected chi connectivity index (χ2v) is 8.41. The van der Waals surface area contributed by atoms with Crippen LogP contribution >= 0.6 is 0 Å². The summed E-state index contributed by atoms with van der Waals surface area (Å²) in [6.45, 7) is 2.34. The molecule has 0 aliphatic carbocycles. The molecule has 2 heterocycles. The zero-order chi connectivity index (χ0) is 23.2. The van der Waals surface area contributed by atoms with E-state index in [4.69, 9.17) is 9.47 Å². The van der Waals surface area contributed by atoms with E-state index in [1.807, 2.05) is 30.3 Å². The first-order valence-electron chi connectivity index (χ1n) is 11.3. The standard InChI is InChI=1S/C25H28F2N2O4/c26-21-9-8-18(15-22(21)27)23-17-29(12-14-33-23)25(31)19-5-4-11-28(16-19)24(30)10-13-32-20-6-2-1-3-7-20/h1-3,6-9,15,19,23H,4-5,10-14,16-17H2. The lowest BCUT2D eigenvalue weighted by atomic mass is 9.95. The molecule has 2 amide bonds. The molecule has 176 valence electrons. The summed E-state index contributed by atoms with van der Waals surface area (Å²) >= 11 is 0. The molecule has 2 atom stereocenters. The molecule has 2 aliphatic heterocycles. The molecule has 33 heavy (non-hydrogen) atoms. The van der Waals surface area contributed by atoms with Crippen LogP contribution in [0.25, 0.3) is 0 Å². The molecule has 0 spiro atoms. The van der Waals surface area contributed by atoms with E-state index in [2.05, 4.69) is 0 Å². The molecule has 0 aromatic heterocycles. The SMILES string of the molecule is O=C(CCOc1ccccc1)N1CCCC(C(=O)N2CCOC(c3ccc(F)c(F)c3)C2)C1. The van der Waals surface area contributed by atoms with Crippen molar-refractivity contribution in [3.63, 3.8) is 0 Å². The van der Waals surface area contributed by atoms with Crippen molar-refractivity contribution in [1.82, 2.24) is 9.80 Å². The highest BCUT2D eigenvalue weighted by molar-refractivity contribution is 5.81. The minimum Gasteiger partial charge on any atom is -0.493 e. The molecule has 8 heteroatoms. The van der Waals surface area contributed by atoms with Crippen LogP contribution < -0.4 is 4.74 Å². The molecule has 2 aromatic rings. The Bertz CT molecular complexity index is 972. The molecule has 2 unspecified atom stereocenters. The van der Waals surface area contributed by atoms with Crippen LogP contribution in [-0.2, 0) is 14.3 Å². The second-order valence-electron chi connectivity index (χ2n) is 8.41. The molecule has 6 nitrogen and oxygen atoms in total. The number of rotatable bonds is 6. The molecular formula is C25H28F2N2O4. The third-order valence-corrected chi connectivity index (χ3v) is 6.14. The predicted molar refractivity (Wildman–Crippen MR) is 117 cm³/mol. The maximum Gasteiger partial charge on any atom is 0.227 e. The average molecular weight is 459 g/mol. The first kappa shape index (κ1) is 23.2. The molecule has 2 saturated heterocycles. The van der Waals surface area contributed by atoms with Gasteiger partial charge in [0.25, 0.3) is 0 Å². The van der Waals surface area contributed by atoms with Gasteiger partial charge in [0.1, 0.15) is 11.9 Å². The number of ether oxygens (including phenoxy) is 2. The van der Waals surface area contributed by atoms with E-state index >= 15 is 0 Å². The number of carbonyl (C=O) groups excluding carboxylic acids is 2. The van der Waals surface area contributed by atoms with Crippen LogP contribution in [0.5, 0.6) is 5.75 Å². The van der Waals surface area contributed by atoms with Crippen molar-refractivity contribution in [2.24, 2.45) is 5.92 Å². The molecule has 0 saturated carbocycles. The predicted octanol–water partition coefficient (Wildman–Crippen LogP) is 3.57. The third kappa shape index (κ3) is 5.87. The van der Waals surface area contributed by atoms with Gasteiger partial charge >= 0.3 is 0 Å². The Labute approximate surface area is 192 Å². The van der Waals surface area contributed by atoms with Crippen molar-refractivity contribution < 1.29 is 27.8 Å². The van der Waals surface area contributed by atoms with Gasteiger partial charge < -0.3 is 19.3 Å². The van der Waals surface area contributed by atoms with Crippen LogP contribution in [-0.4, -0.2) is 61.0 Å². The van der Waals surface area contributed by atoms with Crippen LogP contribution in [0.3, 0.4) is 0 Å². The van der Waals surface area contributed by atoms with Crippen LogP contribution in [0.15, 0.2) is 48.5 Å². The topological polar surface area (TPSA) is 59.1 Å². The van der Waals surface area contributed by atoms with Gasteiger partial charge in [0, 0.05) is 19.6 Å². The largest absolute Gasteiger partial charge is 0.493 e. The molecule has 0 N–H and O–H groups in total. The Kier molecular flexibility index (Phi) is 7.54. The summed E-state index contributed by atoms with van der Waals surface area (Å²) in [4.78, 5) is 29.3. The Hall–Kier alpha value is -3.00. The quantitative estimate of drug-likeness (QED) is 0.664. The summed E-state index contributed by atoms with van der Waals surface area (Å²) in [6.07, 6.45) is 1.23. The lowest BCUT2D eigenvalue weighted by molar-refractivity contribution is -0.147. The van der Waals surface area contributed by atoms with Gasteiger partial charge in [-0.25, -0.2) is 8.78 Å². The van der Waals surface area contributed by atoms with Crippen LogP contribution in [0, 0.1) is 17.6 Å². The Balaban J connectivity index is 1.30. The lowest BCUT2D eigenvalue weighted by Crippen LogP contribution is -2.50. The van der Waals surface area contributed by atoms with E-state index in [0.717, 1.165) is 30.7 Å². The van der Waals surface area contributed by atoms with Crippen molar-refractivity contribution in [2.75, 3.05) is 39.4 Å². The molecule has 0 radical (unpaired) electrons. The van der Waals surface area contributed by atoms with Crippen molar-refractivity contribution in [3.8, 4) is 5.75 Å². The van der Waals surface area contributed by atoms with E-state index in [1.54, 1.807) is 9.80 Å². The maximum absolute atomic E-state index is 13.6. The van der Waals surface area contributed by atoms with E-state index in [1.165, 1.54) is 6.07 Å². The van der Waals surface area contributed by atoms with E-state index in [-0.39, 0.29) is 37.3 Å². The highest BCUT2D eigenvalue weighted by Gasteiger charge is 2.34. The zero-order valence-corrected chi connectivity index (χ0v) is 18.4. The fraction of sp³-hybridized carbons (Fsp3) is 0.440. The summed E-state index contributed by atoms with van der Waals surface area (Å²) in [5, 5.41) is 0. The maximum atomic E-state index is 13.6. The number of nitrogens with zero attached hydrogens (tertiary/aromatic N) is 2. The summed E-state index contributed by atoms with van der Waals surface area (Å²) in [6, 6.07) is 13.0. The number of amides is 2. The molecule has 2 fully saturated rings. The number of benzene rings is 2. The van der Waals surface area contributed by atoms with Gasteiger partial charge in [-0.05, 0) is 42.7 Å². The summed E-state index contributed by atoms with van der Waals surface area (Å²) in [5.74, 6) is -1.45. The van der Waals surface area contributed by atoms with Gasteiger partial charge in [-0.2, -0.15) is 0 Å². The first-order valence-corrected chi connectivity index (χ1v) is 11.3. The number of likely N-dealkylation sites (tertiary alicyclic amines) is 1. The van der Waals surface area contributed by atoms with Gasteiger partial charge in [0.15, 0.2) is 11.6 Å². The summed E-state index contributed by atoms with van der Waals surface area (Å²) in [5.41, 5.74) is 0.505. The van der Waals surface area contributed by atoms with Gasteiger partial charge in [-0.1, -0.05) is 24.3 Å². The summed E-state index contributed by atoms with van der Waals surface area (Å²) in [7, 11) is 0. The van der Waals surface area contributed by atoms with Crippen molar-refractivity contribution in [3.05, 3.63) is 65.7 Å². The van der Waals surface area contributed by atoms with Crippen LogP contribution in [0.2, 0.25) is 0 Å². The fourth-order valence-corrected chi connectivity index (χ4v) is 4.36. The normalized spacial score (nSPS) is 21.0. The number of para-hydroxylation sites is 1. The first-order chi connectivity index (χ1) is 16.0. The molecular weight excluding hydrogens is 430 g/mol. The minimum absolute atomic E-state index is 0.0231. The zero-order valence-electron chi connectivity index (χ0n) is 18.4. The molecule has 0 bridgehead atoms. The van der Waals surface area contributed by atoms with Crippen molar-refractivity contribution >= 4 is 11.8 Å². The van der Waals surface area contributed by atoms with Crippen molar-refractivity contribution in [2.45, 2.75) is 25.4 Å². The summed E-state index contributed by atoms with van der Waals surface area (Å²) < 4.78 is 38.2. The molecule has 2 aromatic carbocycles. The fourth-order valence-electron chi connectivity index (χ4n) is 4.36. The van der Waals surface area contributed by atoms with Crippen molar-refractivity contribution in [1.29, 1.82) is 0 Å². The number of carbonyl (C=O) groups is 2. The molecule has 4 rings (SSSR count). The highest BCUT2D eigenvalue weighted by Crippen LogP contribution is 2.27. The van der Waals surface area contributed by atoms with E-state index in [9.17, 15) is 18.4 Å². The smallest absolute Gasteiger partial charge is 0.227 e. The average Bonchev–Trinajstić information content (AvgIpc) is 2.86. The van der Waals surface area contributed by atoms with Gasteiger partial charge in [0.2, 0.25) is 11.8 Å². The second kappa shape index (κ2) is 10.7. The highest BCUT2D eigenvalue weighted by atomic mass is 19.2. The van der Waals surface area contributed by atoms with E-state index in [0.29, 0.717) is 31.8 Å².